The minimum Gasteiger partial charge on any atom is -0.310 e. The molecular formula is C64H45N. The molecule has 0 heterocycles. The van der Waals surface area contributed by atoms with Crippen molar-refractivity contribution < 1.29 is 0 Å². The molecule has 0 aliphatic rings. The predicted molar refractivity (Wildman–Crippen MR) is 277 cm³/mol. The fourth-order valence-corrected chi connectivity index (χ4v) is 9.28. The third kappa shape index (κ3) is 7.93. The molecule has 11 aromatic carbocycles. The number of hydrogen-bond acceptors (Lipinski definition) is 1. The summed E-state index contributed by atoms with van der Waals surface area (Å²) in [6, 6.07) is 98.8. The molecule has 0 aliphatic heterocycles. The lowest BCUT2D eigenvalue weighted by molar-refractivity contribution is 1.28. The van der Waals surface area contributed by atoms with Gasteiger partial charge in [-0.3, -0.25) is 0 Å². The van der Waals surface area contributed by atoms with Gasteiger partial charge >= 0.3 is 0 Å². The predicted octanol–water partition coefficient (Wildman–Crippen LogP) is 18.0. The standard InChI is InChI=1S/C64H45N/c1-4-16-46(17-5-1)47-30-32-48(33-31-47)50-38-42-56(43-39-50)65(57-44-40-51(41-45-57)49-34-36-55(37-35-49)59-27-14-23-53-22-10-11-24-58(53)59)63-29-15-28-61(54-20-8-3-9-21-54)64(63)62-26-13-12-25-60(62)52-18-6-2-7-19-52/h1-45H. The fourth-order valence-electron chi connectivity index (χ4n) is 9.28. The second-order valence-corrected chi connectivity index (χ2v) is 16.5. The Hall–Kier alpha value is -8.52. The molecule has 306 valence electrons. The van der Waals surface area contributed by atoms with Crippen molar-refractivity contribution in [3.63, 3.8) is 0 Å². The van der Waals surface area contributed by atoms with E-state index in [2.05, 4.69) is 278 Å². The molecule has 0 unspecified atom stereocenters. The van der Waals surface area contributed by atoms with Crippen LogP contribution in [0.2, 0.25) is 0 Å². The van der Waals surface area contributed by atoms with E-state index in [4.69, 9.17) is 0 Å². The van der Waals surface area contributed by atoms with Crippen molar-refractivity contribution in [1.29, 1.82) is 0 Å². The molecule has 11 aromatic rings. The van der Waals surface area contributed by atoms with Gasteiger partial charge in [0.25, 0.3) is 0 Å². The van der Waals surface area contributed by atoms with Gasteiger partial charge in [0, 0.05) is 16.9 Å². The summed E-state index contributed by atoms with van der Waals surface area (Å²) < 4.78 is 0. The SMILES string of the molecule is c1ccc(-c2ccc(-c3ccc(N(c4ccc(-c5ccc(-c6cccc7ccccc67)cc5)cc4)c4cccc(-c5ccccc5)c4-c4ccccc4-c4ccccc4)cc3)cc2)cc1. The van der Waals surface area contributed by atoms with Crippen LogP contribution in [-0.2, 0) is 0 Å². The molecule has 0 aromatic heterocycles. The van der Waals surface area contributed by atoms with Gasteiger partial charge in [0.1, 0.15) is 0 Å². The summed E-state index contributed by atoms with van der Waals surface area (Å²) in [4.78, 5) is 2.43. The van der Waals surface area contributed by atoms with E-state index in [1.165, 1.54) is 88.7 Å². The maximum absolute atomic E-state index is 2.43. The molecule has 0 N–H and O–H groups in total. The van der Waals surface area contributed by atoms with Crippen molar-refractivity contribution in [3.05, 3.63) is 273 Å². The van der Waals surface area contributed by atoms with Gasteiger partial charge in [0.05, 0.1) is 5.69 Å². The summed E-state index contributed by atoms with van der Waals surface area (Å²) in [6.45, 7) is 0. The van der Waals surface area contributed by atoms with Crippen LogP contribution in [0.1, 0.15) is 0 Å². The Kier molecular flexibility index (Phi) is 10.7. The molecular weight excluding hydrogens is 783 g/mol. The van der Waals surface area contributed by atoms with E-state index < -0.39 is 0 Å². The molecule has 0 spiro atoms. The topological polar surface area (TPSA) is 3.24 Å². The number of anilines is 3. The maximum Gasteiger partial charge on any atom is 0.0546 e. The van der Waals surface area contributed by atoms with E-state index in [0.29, 0.717) is 0 Å². The van der Waals surface area contributed by atoms with Gasteiger partial charge < -0.3 is 4.90 Å². The lowest BCUT2D eigenvalue weighted by atomic mass is 9.87. The first-order valence-corrected chi connectivity index (χ1v) is 22.3. The van der Waals surface area contributed by atoms with Gasteiger partial charge in [0.15, 0.2) is 0 Å². The van der Waals surface area contributed by atoms with Gasteiger partial charge in [-0.15, -0.1) is 0 Å². The minimum atomic E-state index is 1.07. The molecule has 0 atom stereocenters. The normalized spacial score (nSPS) is 11.1. The van der Waals surface area contributed by atoms with Crippen LogP contribution >= 0.6 is 0 Å². The minimum absolute atomic E-state index is 1.07. The second kappa shape index (κ2) is 17.7. The highest BCUT2D eigenvalue weighted by molar-refractivity contribution is 6.01. The molecule has 11 rings (SSSR count). The largest absolute Gasteiger partial charge is 0.310 e. The van der Waals surface area contributed by atoms with Crippen LogP contribution in [0.15, 0.2) is 273 Å². The number of benzene rings is 11. The second-order valence-electron chi connectivity index (χ2n) is 16.5. The smallest absolute Gasteiger partial charge is 0.0546 e. The van der Waals surface area contributed by atoms with Gasteiger partial charge in [-0.05, 0) is 113 Å². The van der Waals surface area contributed by atoms with Crippen molar-refractivity contribution >= 4 is 27.8 Å². The first-order chi connectivity index (χ1) is 32.2. The Labute approximate surface area is 381 Å². The van der Waals surface area contributed by atoms with Crippen LogP contribution in [0.3, 0.4) is 0 Å². The number of nitrogens with zero attached hydrogens (tertiary/aromatic N) is 1. The van der Waals surface area contributed by atoms with Crippen LogP contribution < -0.4 is 4.90 Å². The summed E-state index contributed by atoms with van der Waals surface area (Å²) in [5.41, 5.74) is 19.9. The Balaban J connectivity index is 1.03. The zero-order valence-electron chi connectivity index (χ0n) is 35.9. The van der Waals surface area contributed by atoms with E-state index in [9.17, 15) is 0 Å². The third-order valence-electron chi connectivity index (χ3n) is 12.5. The van der Waals surface area contributed by atoms with Crippen molar-refractivity contribution in [2.24, 2.45) is 0 Å². The summed E-state index contributed by atoms with van der Waals surface area (Å²) in [7, 11) is 0. The highest BCUT2D eigenvalue weighted by Gasteiger charge is 2.23. The molecule has 0 saturated heterocycles. The van der Waals surface area contributed by atoms with E-state index in [1.54, 1.807) is 0 Å². The molecule has 0 aliphatic carbocycles. The monoisotopic (exact) mass is 827 g/mol. The van der Waals surface area contributed by atoms with Crippen molar-refractivity contribution in [3.8, 4) is 77.9 Å². The zero-order valence-corrected chi connectivity index (χ0v) is 35.9. The van der Waals surface area contributed by atoms with Gasteiger partial charge in [-0.25, -0.2) is 0 Å². The first-order valence-electron chi connectivity index (χ1n) is 22.3. The van der Waals surface area contributed by atoms with Crippen LogP contribution in [-0.4, -0.2) is 0 Å². The Morgan fingerprint density at radius 3 is 1.09 bits per heavy atom. The van der Waals surface area contributed by atoms with Crippen molar-refractivity contribution in [2.45, 2.75) is 0 Å². The van der Waals surface area contributed by atoms with Gasteiger partial charge in [-0.2, -0.15) is 0 Å². The lowest BCUT2D eigenvalue weighted by Crippen LogP contribution is -2.12. The fraction of sp³-hybridized carbons (Fsp3) is 0. The average Bonchev–Trinajstić information content (AvgIpc) is 3.40. The van der Waals surface area contributed by atoms with Crippen molar-refractivity contribution in [1.82, 2.24) is 0 Å². The first kappa shape index (κ1) is 39.3. The maximum atomic E-state index is 2.43. The molecule has 0 radical (unpaired) electrons. The molecule has 0 fully saturated rings. The summed E-state index contributed by atoms with van der Waals surface area (Å²) >= 11 is 0. The van der Waals surface area contributed by atoms with Gasteiger partial charge in [0.2, 0.25) is 0 Å². The van der Waals surface area contributed by atoms with Crippen LogP contribution in [0, 0.1) is 0 Å². The van der Waals surface area contributed by atoms with Crippen LogP contribution in [0.5, 0.6) is 0 Å². The van der Waals surface area contributed by atoms with E-state index in [0.717, 1.165) is 17.1 Å². The number of fused-ring (bicyclic) bond motifs is 1. The highest BCUT2D eigenvalue weighted by Crippen LogP contribution is 2.48. The molecule has 0 amide bonds. The quantitative estimate of drug-likeness (QED) is 0.133. The average molecular weight is 828 g/mol. The zero-order chi connectivity index (χ0) is 43.4. The van der Waals surface area contributed by atoms with Crippen LogP contribution in [0.25, 0.3) is 88.7 Å². The lowest BCUT2D eigenvalue weighted by Gasteiger charge is -2.30. The van der Waals surface area contributed by atoms with E-state index >= 15 is 0 Å². The molecule has 1 heteroatoms. The van der Waals surface area contributed by atoms with Crippen molar-refractivity contribution in [2.75, 3.05) is 4.90 Å². The summed E-state index contributed by atoms with van der Waals surface area (Å²) in [5.74, 6) is 0. The Morgan fingerprint density at radius 2 is 0.538 bits per heavy atom. The summed E-state index contributed by atoms with van der Waals surface area (Å²) in [6.07, 6.45) is 0. The van der Waals surface area contributed by atoms with E-state index in [-0.39, 0.29) is 0 Å². The van der Waals surface area contributed by atoms with Crippen LogP contribution in [0.4, 0.5) is 17.1 Å². The Morgan fingerprint density at radius 1 is 0.200 bits per heavy atom. The number of hydrogen-bond donors (Lipinski definition) is 0. The summed E-state index contributed by atoms with van der Waals surface area (Å²) in [5, 5.41) is 2.52. The number of rotatable bonds is 10. The molecule has 0 bridgehead atoms. The molecule has 0 saturated carbocycles. The molecule has 65 heavy (non-hydrogen) atoms. The third-order valence-corrected chi connectivity index (χ3v) is 12.5. The highest BCUT2D eigenvalue weighted by atomic mass is 15.1. The van der Waals surface area contributed by atoms with E-state index in [1.807, 2.05) is 0 Å². The molecule has 1 nitrogen and oxygen atoms in total. The Bertz CT molecular complexity index is 3350. The van der Waals surface area contributed by atoms with Gasteiger partial charge in [-0.1, -0.05) is 243 Å².